The van der Waals surface area contributed by atoms with Crippen molar-refractivity contribution in [1.82, 2.24) is 0 Å². The molecule has 0 radical (unpaired) electrons. The smallest absolute Gasteiger partial charge is 0.341 e. The van der Waals surface area contributed by atoms with Gasteiger partial charge in [0.25, 0.3) is 5.91 Å². The van der Waals surface area contributed by atoms with Crippen LogP contribution in [-0.4, -0.2) is 25.1 Å². The first-order valence-corrected chi connectivity index (χ1v) is 8.99. The lowest BCUT2D eigenvalue weighted by molar-refractivity contribution is -0.123. The highest BCUT2D eigenvalue weighted by Crippen LogP contribution is 2.27. The van der Waals surface area contributed by atoms with Crippen LogP contribution in [0.1, 0.15) is 17.3 Å². The van der Waals surface area contributed by atoms with Crippen LogP contribution >= 0.6 is 0 Å². The summed E-state index contributed by atoms with van der Waals surface area (Å²) in [6.45, 7) is 1.43. The first kappa shape index (κ1) is 20.1. The van der Waals surface area contributed by atoms with Crippen LogP contribution in [0.4, 0.5) is 10.1 Å². The molecule has 0 bridgehead atoms. The van der Waals surface area contributed by atoms with Crippen LogP contribution in [-0.2, 0) is 9.53 Å². The van der Waals surface area contributed by atoms with Crippen LogP contribution in [0.25, 0.3) is 11.1 Å². The number of benzene rings is 3. The van der Waals surface area contributed by atoms with Crippen molar-refractivity contribution in [3.05, 3.63) is 84.2 Å². The zero-order valence-electron chi connectivity index (χ0n) is 16.0. The summed E-state index contributed by atoms with van der Waals surface area (Å²) >= 11 is 0. The lowest BCUT2D eigenvalue weighted by Gasteiger charge is -2.16. The summed E-state index contributed by atoms with van der Waals surface area (Å²) in [5, 5.41) is 2.77. The second-order valence-electron chi connectivity index (χ2n) is 6.29. The lowest BCUT2D eigenvalue weighted by atomic mass is 10.0. The van der Waals surface area contributed by atoms with E-state index in [0.29, 0.717) is 5.69 Å². The van der Waals surface area contributed by atoms with Gasteiger partial charge in [0.2, 0.25) is 0 Å². The van der Waals surface area contributed by atoms with Crippen LogP contribution in [0.5, 0.6) is 5.75 Å². The summed E-state index contributed by atoms with van der Waals surface area (Å²) in [6.07, 6.45) is -1.12. The molecular weight excluding hydrogens is 373 g/mol. The van der Waals surface area contributed by atoms with Gasteiger partial charge in [-0.05, 0) is 30.7 Å². The molecule has 0 aromatic heterocycles. The average molecular weight is 393 g/mol. The maximum Gasteiger partial charge on any atom is 0.341 e. The van der Waals surface area contributed by atoms with Gasteiger partial charge in [-0.25, -0.2) is 9.18 Å². The predicted molar refractivity (Wildman–Crippen MR) is 108 cm³/mol. The summed E-state index contributed by atoms with van der Waals surface area (Å²) < 4.78 is 24.1. The zero-order chi connectivity index (χ0) is 20.8. The van der Waals surface area contributed by atoms with Gasteiger partial charge in [0.15, 0.2) is 6.10 Å². The largest absolute Gasteiger partial charge is 0.497 e. The van der Waals surface area contributed by atoms with Crippen molar-refractivity contribution in [3.63, 3.8) is 0 Å². The molecule has 1 atom stereocenters. The van der Waals surface area contributed by atoms with E-state index in [1.807, 2.05) is 42.5 Å². The van der Waals surface area contributed by atoms with Gasteiger partial charge >= 0.3 is 5.97 Å². The van der Waals surface area contributed by atoms with Crippen molar-refractivity contribution in [2.45, 2.75) is 13.0 Å². The Kier molecular flexibility index (Phi) is 6.24. The number of para-hydroxylation sites is 1. The van der Waals surface area contributed by atoms with E-state index in [4.69, 9.17) is 9.47 Å². The maximum absolute atomic E-state index is 14.0. The normalized spacial score (nSPS) is 11.4. The number of methoxy groups -OCH3 is 1. The van der Waals surface area contributed by atoms with Crippen LogP contribution in [0.3, 0.4) is 0 Å². The van der Waals surface area contributed by atoms with Crippen molar-refractivity contribution in [2.75, 3.05) is 12.4 Å². The number of hydrogen-bond donors (Lipinski definition) is 1. The molecule has 148 valence electrons. The van der Waals surface area contributed by atoms with E-state index in [1.54, 1.807) is 12.1 Å². The third-order valence-corrected chi connectivity index (χ3v) is 4.32. The Labute approximate surface area is 168 Å². The van der Waals surface area contributed by atoms with Gasteiger partial charge in [-0.2, -0.15) is 0 Å². The number of halogens is 1. The van der Waals surface area contributed by atoms with Gasteiger partial charge in [-0.3, -0.25) is 4.79 Å². The number of carbonyl (C=O) groups is 2. The standard InChI is InChI=1S/C23H20FNO4/c1-15(29-23(27)19-13-12-17(28-2)14-20(19)24)22(26)25-21-11-7-6-10-18(21)16-8-4-3-5-9-16/h3-15H,1-2H3,(H,25,26)/t15-/m0/s1. The Balaban J connectivity index is 1.71. The number of hydrogen-bond acceptors (Lipinski definition) is 4. The molecule has 1 N–H and O–H groups in total. The summed E-state index contributed by atoms with van der Waals surface area (Å²) in [4.78, 5) is 24.8. The minimum absolute atomic E-state index is 0.268. The van der Waals surface area contributed by atoms with E-state index in [1.165, 1.54) is 26.2 Å². The van der Waals surface area contributed by atoms with Gasteiger partial charge in [-0.1, -0.05) is 48.5 Å². The Hall–Kier alpha value is -3.67. The van der Waals surface area contributed by atoms with Crippen LogP contribution < -0.4 is 10.1 Å². The van der Waals surface area contributed by atoms with E-state index in [0.717, 1.165) is 17.2 Å². The molecule has 3 rings (SSSR count). The quantitative estimate of drug-likeness (QED) is 0.618. The molecule has 5 nitrogen and oxygen atoms in total. The highest BCUT2D eigenvalue weighted by molar-refractivity contribution is 6.00. The Morgan fingerprint density at radius 3 is 2.34 bits per heavy atom. The summed E-state index contributed by atoms with van der Waals surface area (Å²) in [6, 6.07) is 20.7. The number of rotatable bonds is 6. The molecule has 3 aromatic rings. The third-order valence-electron chi connectivity index (χ3n) is 4.32. The molecule has 0 saturated heterocycles. The topological polar surface area (TPSA) is 64.6 Å². The highest BCUT2D eigenvalue weighted by Gasteiger charge is 2.22. The second-order valence-corrected chi connectivity index (χ2v) is 6.29. The molecule has 0 heterocycles. The van der Waals surface area contributed by atoms with E-state index in [2.05, 4.69) is 5.32 Å². The lowest BCUT2D eigenvalue weighted by Crippen LogP contribution is -2.30. The van der Waals surface area contributed by atoms with Gasteiger partial charge < -0.3 is 14.8 Å². The molecular formula is C23H20FNO4. The molecule has 6 heteroatoms. The van der Waals surface area contributed by atoms with Crippen molar-refractivity contribution < 1.29 is 23.5 Å². The van der Waals surface area contributed by atoms with E-state index in [9.17, 15) is 14.0 Å². The molecule has 3 aromatic carbocycles. The molecule has 0 saturated carbocycles. The first-order valence-electron chi connectivity index (χ1n) is 8.99. The van der Waals surface area contributed by atoms with Gasteiger partial charge in [-0.15, -0.1) is 0 Å². The fourth-order valence-corrected chi connectivity index (χ4v) is 2.76. The molecule has 29 heavy (non-hydrogen) atoms. The van der Waals surface area contributed by atoms with Crippen molar-refractivity contribution >= 4 is 17.6 Å². The number of amides is 1. The van der Waals surface area contributed by atoms with E-state index in [-0.39, 0.29) is 11.3 Å². The number of esters is 1. The molecule has 0 fully saturated rings. The Morgan fingerprint density at radius 2 is 1.66 bits per heavy atom. The third kappa shape index (κ3) is 4.79. The molecule has 0 aliphatic rings. The monoisotopic (exact) mass is 393 g/mol. The van der Waals surface area contributed by atoms with Crippen LogP contribution in [0, 0.1) is 5.82 Å². The Bertz CT molecular complexity index is 1020. The van der Waals surface area contributed by atoms with Gasteiger partial charge in [0.05, 0.1) is 12.7 Å². The summed E-state index contributed by atoms with van der Waals surface area (Å²) in [5.41, 5.74) is 2.09. The predicted octanol–water partition coefficient (Wildman–Crippen LogP) is 4.69. The van der Waals surface area contributed by atoms with Gasteiger partial charge in [0, 0.05) is 17.3 Å². The van der Waals surface area contributed by atoms with Crippen LogP contribution in [0.15, 0.2) is 72.8 Å². The minimum Gasteiger partial charge on any atom is -0.497 e. The summed E-state index contributed by atoms with van der Waals surface area (Å²) in [5.74, 6) is -1.95. The molecule has 0 spiro atoms. The maximum atomic E-state index is 14.0. The zero-order valence-corrected chi connectivity index (χ0v) is 16.0. The second kappa shape index (κ2) is 9.01. The Morgan fingerprint density at radius 1 is 0.966 bits per heavy atom. The number of nitrogens with one attached hydrogen (secondary N) is 1. The molecule has 0 aliphatic heterocycles. The van der Waals surface area contributed by atoms with E-state index >= 15 is 0 Å². The molecule has 1 amide bonds. The highest BCUT2D eigenvalue weighted by atomic mass is 19.1. The molecule has 0 aliphatic carbocycles. The van der Waals surface area contributed by atoms with Crippen molar-refractivity contribution in [3.8, 4) is 16.9 Å². The SMILES string of the molecule is COc1ccc(C(=O)O[C@@H](C)C(=O)Nc2ccccc2-c2ccccc2)c(F)c1. The minimum atomic E-state index is -1.12. The summed E-state index contributed by atoms with van der Waals surface area (Å²) in [7, 11) is 1.40. The first-order chi connectivity index (χ1) is 14.0. The number of anilines is 1. The average Bonchev–Trinajstić information content (AvgIpc) is 2.74. The van der Waals surface area contributed by atoms with E-state index < -0.39 is 23.8 Å². The molecule has 0 unspecified atom stereocenters. The van der Waals surface area contributed by atoms with Crippen LogP contribution in [0.2, 0.25) is 0 Å². The van der Waals surface area contributed by atoms with Gasteiger partial charge in [0.1, 0.15) is 11.6 Å². The van der Waals surface area contributed by atoms with Crippen molar-refractivity contribution in [2.24, 2.45) is 0 Å². The fourth-order valence-electron chi connectivity index (χ4n) is 2.76. The van der Waals surface area contributed by atoms with Crippen molar-refractivity contribution in [1.29, 1.82) is 0 Å². The number of ether oxygens (including phenoxy) is 2. The number of carbonyl (C=O) groups excluding carboxylic acids is 2. The fraction of sp³-hybridized carbons (Fsp3) is 0.130.